The number of amides is 1. The number of halogens is 1. The fourth-order valence-electron chi connectivity index (χ4n) is 3.78. The molecule has 0 aliphatic carbocycles. The summed E-state index contributed by atoms with van der Waals surface area (Å²) in [5, 5.41) is 0.856. The van der Waals surface area contributed by atoms with Gasteiger partial charge in [0.1, 0.15) is 10.6 Å². The van der Waals surface area contributed by atoms with Gasteiger partial charge in [-0.3, -0.25) is 14.2 Å². The quantitative estimate of drug-likeness (QED) is 0.397. The normalized spacial score (nSPS) is 11.1. The molecule has 0 fully saturated rings. The SMILES string of the molecule is CCOc1ccc(-n2c(=O)c3c(C)c(C(=O)N(C)C)sc3n(Cc3ccccc3Cl)c2=O)cc1. The monoisotopic (exact) mass is 497 g/mol. The highest BCUT2D eigenvalue weighted by Gasteiger charge is 2.24. The van der Waals surface area contributed by atoms with Crippen LogP contribution in [0.1, 0.15) is 27.7 Å². The number of ether oxygens (including phenoxy) is 1. The predicted octanol–water partition coefficient (Wildman–Crippen LogP) is 4.32. The fraction of sp³-hybridized carbons (Fsp3) is 0.240. The molecule has 0 aliphatic rings. The zero-order valence-electron chi connectivity index (χ0n) is 19.3. The van der Waals surface area contributed by atoms with Crippen LogP contribution >= 0.6 is 22.9 Å². The van der Waals surface area contributed by atoms with E-state index in [1.807, 2.05) is 25.1 Å². The molecule has 0 aliphatic heterocycles. The molecule has 0 radical (unpaired) electrons. The van der Waals surface area contributed by atoms with Crippen LogP contribution in [0.3, 0.4) is 0 Å². The van der Waals surface area contributed by atoms with Crippen LogP contribution in [-0.2, 0) is 6.54 Å². The van der Waals surface area contributed by atoms with Crippen molar-refractivity contribution < 1.29 is 9.53 Å². The number of rotatable bonds is 6. The zero-order chi connectivity index (χ0) is 24.6. The van der Waals surface area contributed by atoms with Crippen LogP contribution in [0.5, 0.6) is 5.75 Å². The van der Waals surface area contributed by atoms with Gasteiger partial charge in [0.05, 0.1) is 29.1 Å². The number of carbonyl (C=O) groups excluding carboxylic acids is 1. The van der Waals surface area contributed by atoms with Gasteiger partial charge in [-0.25, -0.2) is 9.36 Å². The molecule has 0 saturated heterocycles. The molecule has 2 heterocycles. The second-order valence-corrected chi connectivity index (χ2v) is 9.37. The van der Waals surface area contributed by atoms with E-state index in [2.05, 4.69) is 0 Å². The Bertz CT molecular complexity index is 1500. The van der Waals surface area contributed by atoms with Crippen molar-refractivity contribution in [2.75, 3.05) is 20.7 Å². The highest BCUT2D eigenvalue weighted by atomic mass is 35.5. The van der Waals surface area contributed by atoms with E-state index in [9.17, 15) is 14.4 Å². The van der Waals surface area contributed by atoms with Crippen molar-refractivity contribution in [2.45, 2.75) is 20.4 Å². The maximum Gasteiger partial charge on any atom is 0.337 e. The van der Waals surface area contributed by atoms with Gasteiger partial charge in [0, 0.05) is 19.1 Å². The molecular formula is C25H24ClN3O4S. The Labute approximate surface area is 205 Å². The van der Waals surface area contributed by atoms with Crippen LogP contribution in [-0.4, -0.2) is 40.6 Å². The molecule has 2 aromatic carbocycles. The Morgan fingerprint density at radius 3 is 2.38 bits per heavy atom. The Morgan fingerprint density at radius 2 is 1.76 bits per heavy atom. The molecule has 0 spiro atoms. The lowest BCUT2D eigenvalue weighted by Gasteiger charge is -2.13. The number of aryl methyl sites for hydroxylation is 1. The first-order valence-electron chi connectivity index (χ1n) is 10.7. The van der Waals surface area contributed by atoms with E-state index in [0.29, 0.717) is 43.7 Å². The lowest BCUT2D eigenvalue weighted by atomic mass is 10.2. The molecule has 34 heavy (non-hydrogen) atoms. The minimum Gasteiger partial charge on any atom is -0.494 e. The number of thiophene rings is 1. The van der Waals surface area contributed by atoms with E-state index in [1.165, 1.54) is 9.47 Å². The van der Waals surface area contributed by atoms with Gasteiger partial charge in [0.25, 0.3) is 11.5 Å². The molecule has 2 aromatic heterocycles. The summed E-state index contributed by atoms with van der Waals surface area (Å²) in [6.07, 6.45) is 0. The van der Waals surface area contributed by atoms with Crippen LogP contribution in [0.4, 0.5) is 0 Å². The van der Waals surface area contributed by atoms with Crippen molar-refractivity contribution in [1.29, 1.82) is 0 Å². The largest absolute Gasteiger partial charge is 0.494 e. The Morgan fingerprint density at radius 1 is 1.09 bits per heavy atom. The smallest absolute Gasteiger partial charge is 0.337 e. The summed E-state index contributed by atoms with van der Waals surface area (Å²) in [5.74, 6) is 0.421. The van der Waals surface area contributed by atoms with Gasteiger partial charge in [-0.05, 0) is 55.3 Å². The summed E-state index contributed by atoms with van der Waals surface area (Å²) >= 11 is 7.53. The van der Waals surface area contributed by atoms with E-state index in [-0.39, 0.29) is 12.5 Å². The van der Waals surface area contributed by atoms with Gasteiger partial charge >= 0.3 is 5.69 Å². The Hall–Kier alpha value is -3.36. The number of hydrogen-bond donors (Lipinski definition) is 0. The highest BCUT2D eigenvalue weighted by Crippen LogP contribution is 2.30. The van der Waals surface area contributed by atoms with Crippen LogP contribution < -0.4 is 16.0 Å². The second kappa shape index (κ2) is 9.48. The first-order chi connectivity index (χ1) is 16.2. The standard InChI is InChI=1S/C25H24ClN3O4S/c1-5-33-18-12-10-17(11-13-18)29-22(30)20-15(2)21(23(31)27(3)4)34-24(20)28(25(29)32)14-16-8-6-7-9-19(16)26/h6-13H,5,14H2,1-4H3. The molecule has 0 atom stereocenters. The van der Waals surface area contributed by atoms with E-state index < -0.39 is 11.2 Å². The first kappa shape index (κ1) is 23.8. The minimum atomic E-state index is -0.508. The van der Waals surface area contributed by atoms with Crippen LogP contribution in [0.2, 0.25) is 5.02 Å². The van der Waals surface area contributed by atoms with Crippen LogP contribution in [0.15, 0.2) is 58.1 Å². The van der Waals surface area contributed by atoms with Gasteiger partial charge < -0.3 is 9.64 Å². The average molecular weight is 498 g/mol. The highest BCUT2D eigenvalue weighted by molar-refractivity contribution is 7.20. The predicted molar refractivity (Wildman–Crippen MR) is 136 cm³/mol. The third kappa shape index (κ3) is 4.15. The molecule has 0 unspecified atom stereocenters. The molecule has 9 heteroatoms. The molecule has 0 N–H and O–H groups in total. The molecule has 0 bridgehead atoms. The summed E-state index contributed by atoms with van der Waals surface area (Å²) in [6, 6.07) is 14.0. The third-order valence-corrected chi connectivity index (χ3v) is 7.18. The van der Waals surface area contributed by atoms with Crippen molar-refractivity contribution in [3.05, 3.63) is 90.4 Å². The van der Waals surface area contributed by atoms with E-state index in [1.54, 1.807) is 51.4 Å². The lowest BCUT2D eigenvalue weighted by molar-refractivity contribution is 0.0831. The number of fused-ring (bicyclic) bond motifs is 1. The number of nitrogens with zero attached hydrogens (tertiary/aromatic N) is 3. The summed E-state index contributed by atoms with van der Waals surface area (Å²) in [4.78, 5) is 42.5. The van der Waals surface area contributed by atoms with Crippen molar-refractivity contribution in [3.8, 4) is 11.4 Å². The number of carbonyl (C=O) groups is 1. The summed E-state index contributed by atoms with van der Waals surface area (Å²) in [7, 11) is 3.31. The van der Waals surface area contributed by atoms with Gasteiger partial charge in [0.2, 0.25) is 0 Å². The van der Waals surface area contributed by atoms with E-state index in [0.717, 1.165) is 21.5 Å². The molecule has 7 nitrogen and oxygen atoms in total. The van der Waals surface area contributed by atoms with Crippen molar-refractivity contribution in [1.82, 2.24) is 14.0 Å². The molecular weight excluding hydrogens is 474 g/mol. The summed E-state index contributed by atoms with van der Waals surface area (Å²) in [5.41, 5.74) is 0.726. The maximum atomic E-state index is 13.7. The zero-order valence-corrected chi connectivity index (χ0v) is 20.9. The molecule has 4 aromatic rings. The molecule has 4 rings (SSSR count). The lowest BCUT2D eigenvalue weighted by Crippen LogP contribution is -2.39. The molecule has 176 valence electrons. The van der Waals surface area contributed by atoms with Gasteiger partial charge in [-0.1, -0.05) is 29.8 Å². The van der Waals surface area contributed by atoms with Crippen LogP contribution in [0.25, 0.3) is 15.9 Å². The van der Waals surface area contributed by atoms with Crippen molar-refractivity contribution in [3.63, 3.8) is 0 Å². The number of benzene rings is 2. The number of hydrogen-bond acceptors (Lipinski definition) is 5. The third-order valence-electron chi connectivity index (χ3n) is 5.51. The Balaban J connectivity index is 2.04. The number of aromatic nitrogens is 2. The van der Waals surface area contributed by atoms with Crippen molar-refractivity contribution >= 4 is 39.1 Å². The van der Waals surface area contributed by atoms with Gasteiger partial charge in [-0.2, -0.15) is 0 Å². The first-order valence-corrected chi connectivity index (χ1v) is 11.9. The summed E-state index contributed by atoms with van der Waals surface area (Å²) in [6.45, 7) is 4.28. The molecule has 1 amide bonds. The maximum absolute atomic E-state index is 13.7. The van der Waals surface area contributed by atoms with Gasteiger partial charge in [-0.15, -0.1) is 11.3 Å². The molecule has 0 saturated carbocycles. The topological polar surface area (TPSA) is 73.5 Å². The second-order valence-electron chi connectivity index (χ2n) is 7.96. The fourth-order valence-corrected chi connectivity index (χ4v) is 5.28. The summed E-state index contributed by atoms with van der Waals surface area (Å²) < 4.78 is 8.14. The van der Waals surface area contributed by atoms with Gasteiger partial charge in [0.15, 0.2) is 0 Å². The van der Waals surface area contributed by atoms with Crippen LogP contribution in [0, 0.1) is 6.92 Å². The van der Waals surface area contributed by atoms with E-state index in [4.69, 9.17) is 16.3 Å². The average Bonchev–Trinajstić information content (AvgIpc) is 3.15. The van der Waals surface area contributed by atoms with Crippen molar-refractivity contribution in [2.24, 2.45) is 0 Å². The Kier molecular flexibility index (Phi) is 6.63. The van der Waals surface area contributed by atoms with E-state index >= 15 is 0 Å². The minimum absolute atomic E-state index is 0.155.